The number of benzene rings is 2. The van der Waals surface area contributed by atoms with Crippen molar-refractivity contribution in [2.45, 2.75) is 52.4 Å². The van der Waals surface area contributed by atoms with Crippen LogP contribution in [0.5, 0.6) is 0 Å². The van der Waals surface area contributed by atoms with E-state index in [9.17, 15) is 0 Å². The summed E-state index contributed by atoms with van der Waals surface area (Å²) in [5.74, 6) is 0. The Kier molecular flexibility index (Phi) is 10.8. The van der Waals surface area contributed by atoms with Crippen LogP contribution in [0.1, 0.15) is 51.5 Å². The summed E-state index contributed by atoms with van der Waals surface area (Å²) in [6.45, 7) is 7.19. The number of hydrogen-bond acceptors (Lipinski definition) is 2. The Morgan fingerprint density at radius 1 is 0.897 bits per heavy atom. The van der Waals surface area contributed by atoms with Gasteiger partial charge in [0.15, 0.2) is 0 Å². The molecule has 2 heteroatoms. The van der Waals surface area contributed by atoms with E-state index in [1.165, 1.54) is 46.9 Å². The number of hydrogen-bond donors (Lipinski definition) is 0. The first-order valence-corrected chi connectivity index (χ1v) is 11.1. The maximum Gasteiger partial charge on any atom is 0.0649 e. The fraction of sp³-hybridized carbons (Fsp3) is 0.481. The maximum absolute atomic E-state index is 5.84. The third-order valence-electron chi connectivity index (χ3n) is 5.37. The molecule has 0 aliphatic heterocycles. The molecule has 158 valence electrons. The van der Waals surface area contributed by atoms with Crippen LogP contribution in [0.4, 0.5) is 0 Å². The van der Waals surface area contributed by atoms with Crippen LogP contribution in [-0.4, -0.2) is 38.8 Å². The summed E-state index contributed by atoms with van der Waals surface area (Å²) in [5.41, 5.74) is 4.37. The van der Waals surface area contributed by atoms with Crippen molar-refractivity contribution in [3.05, 3.63) is 71.3 Å². The number of ether oxygens (including phenoxy) is 1. The minimum Gasteiger partial charge on any atom is -0.377 e. The molecule has 0 aromatic heterocycles. The second-order valence-corrected chi connectivity index (χ2v) is 8.36. The molecule has 0 atom stereocenters. The van der Waals surface area contributed by atoms with Crippen LogP contribution in [0.15, 0.2) is 65.8 Å². The van der Waals surface area contributed by atoms with E-state index >= 15 is 0 Å². The zero-order valence-electron chi connectivity index (χ0n) is 18.9. The van der Waals surface area contributed by atoms with Crippen LogP contribution < -0.4 is 0 Å². The molecule has 0 N–H and O–H groups in total. The minimum absolute atomic E-state index is 0.729. The Morgan fingerprint density at radius 2 is 1.66 bits per heavy atom. The highest BCUT2D eigenvalue weighted by molar-refractivity contribution is 5.85. The second kappa shape index (κ2) is 13.3. The Bertz CT molecular complexity index is 783. The van der Waals surface area contributed by atoms with E-state index < -0.39 is 0 Å². The summed E-state index contributed by atoms with van der Waals surface area (Å²) in [6.07, 6.45) is 11.5. The smallest absolute Gasteiger partial charge is 0.0649 e. The molecule has 0 fully saturated rings. The van der Waals surface area contributed by atoms with E-state index in [1.807, 2.05) is 0 Å². The van der Waals surface area contributed by atoms with E-state index in [0.29, 0.717) is 0 Å². The van der Waals surface area contributed by atoms with Gasteiger partial charge in [0, 0.05) is 6.61 Å². The van der Waals surface area contributed by atoms with Crippen molar-refractivity contribution in [3.8, 4) is 0 Å². The SMILES string of the molecule is CC(=CCC/C(C)=C/COCCCc1cccc2ccccc12)CCCN(C)C. The van der Waals surface area contributed by atoms with Crippen molar-refractivity contribution in [1.29, 1.82) is 0 Å². The predicted molar refractivity (Wildman–Crippen MR) is 128 cm³/mol. The molecule has 0 saturated carbocycles. The van der Waals surface area contributed by atoms with Gasteiger partial charge in [-0.2, -0.15) is 0 Å². The highest BCUT2D eigenvalue weighted by Gasteiger charge is 2.00. The molecule has 0 amide bonds. The molecule has 0 aliphatic carbocycles. The van der Waals surface area contributed by atoms with E-state index in [1.54, 1.807) is 0 Å². The molecule has 0 spiro atoms. The quantitative estimate of drug-likeness (QED) is 0.274. The third-order valence-corrected chi connectivity index (χ3v) is 5.37. The van der Waals surface area contributed by atoms with Gasteiger partial charge in [-0.25, -0.2) is 0 Å². The Labute approximate surface area is 178 Å². The Morgan fingerprint density at radius 3 is 2.48 bits per heavy atom. The molecule has 2 rings (SSSR count). The van der Waals surface area contributed by atoms with Gasteiger partial charge in [-0.3, -0.25) is 0 Å². The topological polar surface area (TPSA) is 12.5 Å². The minimum atomic E-state index is 0.729. The van der Waals surface area contributed by atoms with Gasteiger partial charge < -0.3 is 9.64 Å². The summed E-state index contributed by atoms with van der Waals surface area (Å²) in [6, 6.07) is 15.2. The number of rotatable bonds is 13. The summed E-state index contributed by atoms with van der Waals surface area (Å²) >= 11 is 0. The largest absolute Gasteiger partial charge is 0.377 e. The van der Waals surface area contributed by atoms with Crippen LogP contribution in [-0.2, 0) is 11.2 Å². The molecule has 2 nitrogen and oxygen atoms in total. The number of allylic oxidation sites excluding steroid dienone is 3. The fourth-order valence-electron chi connectivity index (χ4n) is 3.58. The van der Waals surface area contributed by atoms with Gasteiger partial charge in [0.1, 0.15) is 0 Å². The Balaban J connectivity index is 1.59. The summed E-state index contributed by atoms with van der Waals surface area (Å²) in [5, 5.41) is 2.70. The van der Waals surface area contributed by atoms with E-state index in [0.717, 1.165) is 38.9 Å². The molecule has 2 aromatic carbocycles. The molecule has 0 bridgehead atoms. The Hall–Kier alpha value is -1.90. The first kappa shape index (κ1) is 23.4. The first-order chi connectivity index (χ1) is 14.1. The average molecular weight is 394 g/mol. The van der Waals surface area contributed by atoms with Crippen molar-refractivity contribution in [1.82, 2.24) is 4.90 Å². The van der Waals surface area contributed by atoms with Crippen molar-refractivity contribution >= 4 is 10.8 Å². The van der Waals surface area contributed by atoms with Gasteiger partial charge in [0.2, 0.25) is 0 Å². The lowest BCUT2D eigenvalue weighted by molar-refractivity contribution is 0.159. The van der Waals surface area contributed by atoms with Crippen molar-refractivity contribution in [2.24, 2.45) is 0 Å². The lowest BCUT2D eigenvalue weighted by Gasteiger charge is -2.09. The molecular formula is C27H39NO. The van der Waals surface area contributed by atoms with Gasteiger partial charge in [0.25, 0.3) is 0 Å². The molecule has 0 radical (unpaired) electrons. The van der Waals surface area contributed by atoms with Crippen LogP contribution in [0.25, 0.3) is 10.8 Å². The normalized spacial score (nSPS) is 12.9. The average Bonchev–Trinajstić information content (AvgIpc) is 2.70. The lowest BCUT2D eigenvalue weighted by Crippen LogP contribution is -2.12. The fourth-order valence-corrected chi connectivity index (χ4v) is 3.58. The molecule has 0 unspecified atom stereocenters. The number of aryl methyl sites for hydroxylation is 1. The van der Waals surface area contributed by atoms with Crippen LogP contribution in [0.2, 0.25) is 0 Å². The van der Waals surface area contributed by atoms with E-state index in [2.05, 4.69) is 87.5 Å². The van der Waals surface area contributed by atoms with Crippen molar-refractivity contribution in [3.63, 3.8) is 0 Å². The first-order valence-electron chi connectivity index (χ1n) is 11.1. The van der Waals surface area contributed by atoms with Crippen molar-refractivity contribution in [2.75, 3.05) is 33.9 Å². The zero-order valence-corrected chi connectivity index (χ0v) is 18.9. The summed E-state index contributed by atoms with van der Waals surface area (Å²) in [4.78, 5) is 2.25. The van der Waals surface area contributed by atoms with E-state index in [4.69, 9.17) is 4.74 Å². The monoisotopic (exact) mass is 393 g/mol. The summed E-state index contributed by atoms with van der Waals surface area (Å²) in [7, 11) is 4.28. The lowest BCUT2D eigenvalue weighted by atomic mass is 10.0. The third kappa shape index (κ3) is 9.43. The van der Waals surface area contributed by atoms with Gasteiger partial charge in [-0.15, -0.1) is 0 Å². The van der Waals surface area contributed by atoms with Gasteiger partial charge in [-0.1, -0.05) is 65.8 Å². The molecule has 2 aromatic rings. The van der Waals surface area contributed by atoms with E-state index in [-0.39, 0.29) is 0 Å². The van der Waals surface area contributed by atoms with Gasteiger partial charge in [0.05, 0.1) is 6.61 Å². The predicted octanol–water partition coefficient (Wildman–Crippen LogP) is 6.80. The van der Waals surface area contributed by atoms with Crippen LogP contribution in [0, 0.1) is 0 Å². The standard InChI is InChI=1S/C27H39NO/c1-23(13-9-20-28(3)4)11-7-12-24(2)19-22-29-21-10-17-26-16-8-15-25-14-5-6-18-27(25)26/h5-6,8,11,14-16,18-19H,7,9-10,12-13,17,20-22H2,1-4H3/b23-11?,24-19+. The van der Waals surface area contributed by atoms with Crippen LogP contribution >= 0.6 is 0 Å². The van der Waals surface area contributed by atoms with Crippen molar-refractivity contribution < 1.29 is 4.74 Å². The molecule has 29 heavy (non-hydrogen) atoms. The molecule has 0 aliphatic rings. The zero-order chi connectivity index (χ0) is 20.9. The van der Waals surface area contributed by atoms with Gasteiger partial charge in [-0.05, 0) is 89.3 Å². The highest BCUT2D eigenvalue weighted by atomic mass is 16.5. The molecular weight excluding hydrogens is 354 g/mol. The highest BCUT2D eigenvalue weighted by Crippen LogP contribution is 2.19. The number of fused-ring (bicyclic) bond motifs is 1. The van der Waals surface area contributed by atoms with Crippen LogP contribution in [0.3, 0.4) is 0 Å². The number of nitrogens with zero attached hydrogens (tertiary/aromatic N) is 1. The summed E-state index contributed by atoms with van der Waals surface area (Å²) < 4.78 is 5.84. The maximum atomic E-state index is 5.84. The molecule has 0 heterocycles. The second-order valence-electron chi connectivity index (χ2n) is 8.36. The van der Waals surface area contributed by atoms with Gasteiger partial charge >= 0.3 is 0 Å². The molecule has 0 saturated heterocycles.